The van der Waals surface area contributed by atoms with Crippen molar-refractivity contribution in [2.24, 2.45) is 0 Å². The molecule has 4 nitrogen and oxygen atoms in total. The van der Waals surface area contributed by atoms with Crippen LogP contribution in [0.4, 0.5) is 5.69 Å². The average molecular weight is 297 g/mol. The van der Waals surface area contributed by atoms with Crippen LogP contribution in [-0.4, -0.2) is 20.0 Å². The molecule has 0 spiro atoms. The summed E-state index contributed by atoms with van der Waals surface area (Å²) < 4.78 is 10.5. The lowest BCUT2D eigenvalue weighted by atomic mass is 10.1. The molecule has 2 aromatic rings. The molecule has 0 radical (unpaired) electrons. The molecule has 0 aliphatic rings. The van der Waals surface area contributed by atoms with E-state index in [9.17, 15) is 4.79 Å². The van der Waals surface area contributed by atoms with Gasteiger partial charge in [0, 0.05) is 17.3 Å². The fourth-order valence-electron chi connectivity index (χ4n) is 2.07. The SMILES string of the molecule is C=C(CC(=O)c1ccccc1)Nc1cc(OC)ccc1OC. The summed E-state index contributed by atoms with van der Waals surface area (Å²) in [5.74, 6) is 1.37. The maximum Gasteiger partial charge on any atom is 0.168 e. The van der Waals surface area contributed by atoms with Crippen molar-refractivity contribution in [3.63, 3.8) is 0 Å². The Morgan fingerprint density at radius 2 is 1.82 bits per heavy atom. The van der Waals surface area contributed by atoms with Gasteiger partial charge in [-0.1, -0.05) is 36.9 Å². The van der Waals surface area contributed by atoms with Crippen molar-refractivity contribution in [1.29, 1.82) is 0 Å². The molecule has 0 bridgehead atoms. The summed E-state index contributed by atoms with van der Waals surface area (Å²) in [5, 5.41) is 3.12. The zero-order valence-corrected chi connectivity index (χ0v) is 12.8. The lowest BCUT2D eigenvalue weighted by molar-refractivity contribution is 0.0993. The molecule has 2 aromatic carbocycles. The summed E-state index contributed by atoms with van der Waals surface area (Å²) in [6, 6.07) is 14.6. The van der Waals surface area contributed by atoms with Crippen LogP contribution < -0.4 is 14.8 Å². The highest BCUT2D eigenvalue weighted by molar-refractivity contribution is 5.97. The number of anilines is 1. The number of methoxy groups -OCH3 is 2. The normalized spacial score (nSPS) is 9.91. The maximum absolute atomic E-state index is 12.2. The Balaban J connectivity index is 2.07. The first kappa shape index (κ1) is 15.6. The topological polar surface area (TPSA) is 47.6 Å². The van der Waals surface area contributed by atoms with E-state index in [2.05, 4.69) is 11.9 Å². The predicted molar refractivity (Wildman–Crippen MR) is 87.7 cm³/mol. The Bertz CT molecular complexity index is 665. The summed E-state index contributed by atoms with van der Waals surface area (Å²) in [6.45, 7) is 3.92. The molecule has 114 valence electrons. The summed E-state index contributed by atoms with van der Waals surface area (Å²) in [4.78, 5) is 12.2. The second-order valence-electron chi connectivity index (χ2n) is 4.76. The Morgan fingerprint density at radius 1 is 1.09 bits per heavy atom. The lowest BCUT2D eigenvalue weighted by Gasteiger charge is -2.14. The van der Waals surface area contributed by atoms with Crippen LogP contribution in [0.2, 0.25) is 0 Å². The minimum absolute atomic E-state index is 0.0139. The number of Topliss-reactive ketones (excluding diaryl/α,β-unsaturated/α-hetero) is 1. The van der Waals surface area contributed by atoms with E-state index < -0.39 is 0 Å². The molecule has 0 atom stereocenters. The summed E-state index contributed by atoms with van der Waals surface area (Å²) >= 11 is 0. The highest BCUT2D eigenvalue weighted by atomic mass is 16.5. The van der Waals surface area contributed by atoms with E-state index in [1.807, 2.05) is 24.3 Å². The molecule has 0 saturated heterocycles. The maximum atomic E-state index is 12.2. The van der Waals surface area contributed by atoms with Crippen molar-refractivity contribution in [2.45, 2.75) is 6.42 Å². The monoisotopic (exact) mass is 297 g/mol. The zero-order valence-electron chi connectivity index (χ0n) is 12.8. The molecule has 22 heavy (non-hydrogen) atoms. The molecular formula is C18H19NO3. The van der Waals surface area contributed by atoms with Crippen molar-refractivity contribution < 1.29 is 14.3 Å². The second-order valence-corrected chi connectivity index (χ2v) is 4.76. The quantitative estimate of drug-likeness (QED) is 0.787. The van der Waals surface area contributed by atoms with Gasteiger partial charge in [0.05, 0.1) is 26.3 Å². The van der Waals surface area contributed by atoms with Crippen LogP contribution in [-0.2, 0) is 0 Å². The van der Waals surface area contributed by atoms with Crippen LogP contribution in [0.25, 0.3) is 0 Å². The number of ether oxygens (including phenoxy) is 2. The van der Waals surface area contributed by atoms with E-state index >= 15 is 0 Å². The molecule has 0 aromatic heterocycles. The van der Waals surface area contributed by atoms with E-state index in [-0.39, 0.29) is 12.2 Å². The molecule has 0 aliphatic carbocycles. The Morgan fingerprint density at radius 3 is 2.45 bits per heavy atom. The lowest BCUT2D eigenvalue weighted by Crippen LogP contribution is -2.07. The van der Waals surface area contributed by atoms with Crippen LogP contribution in [0.5, 0.6) is 11.5 Å². The Hall–Kier alpha value is -2.75. The molecule has 0 heterocycles. The second kappa shape index (κ2) is 7.31. The van der Waals surface area contributed by atoms with Crippen LogP contribution in [0.3, 0.4) is 0 Å². The zero-order chi connectivity index (χ0) is 15.9. The Kier molecular flexibility index (Phi) is 5.20. The third kappa shape index (κ3) is 3.88. The van der Waals surface area contributed by atoms with Crippen LogP contribution in [0.1, 0.15) is 16.8 Å². The van der Waals surface area contributed by atoms with Crippen molar-refractivity contribution >= 4 is 11.5 Å². The van der Waals surface area contributed by atoms with Crippen LogP contribution in [0, 0.1) is 0 Å². The highest BCUT2D eigenvalue weighted by Crippen LogP contribution is 2.30. The first-order valence-corrected chi connectivity index (χ1v) is 6.89. The number of hydrogen-bond acceptors (Lipinski definition) is 4. The molecule has 0 unspecified atom stereocenters. The number of hydrogen-bond donors (Lipinski definition) is 1. The third-order valence-corrected chi connectivity index (χ3v) is 3.19. The summed E-state index contributed by atoms with van der Waals surface area (Å²) in [6.07, 6.45) is 0.213. The number of carbonyl (C=O) groups excluding carboxylic acids is 1. The van der Waals surface area contributed by atoms with Gasteiger partial charge in [-0.25, -0.2) is 0 Å². The molecule has 1 N–H and O–H groups in total. The van der Waals surface area contributed by atoms with Gasteiger partial charge in [-0.15, -0.1) is 0 Å². The van der Waals surface area contributed by atoms with Gasteiger partial charge in [-0.2, -0.15) is 0 Å². The fraction of sp³-hybridized carbons (Fsp3) is 0.167. The number of carbonyl (C=O) groups is 1. The van der Waals surface area contributed by atoms with Gasteiger partial charge >= 0.3 is 0 Å². The Labute approximate surface area is 130 Å². The minimum atomic E-state index is 0.0139. The van der Waals surface area contributed by atoms with E-state index in [4.69, 9.17) is 9.47 Å². The van der Waals surface area contributed by atoms with E-state index in [0.717, 1.165) is 0 Å². The van der Waals surface area contributed by atoms with Crippen LogP contribution in [0.15, 0.2) is 60.8 Å². The smallest absolute Gasteiger partial charge is 0.168 e. The summed E-state index contributed by atoms with van der Waals surface area (Å²) in [5.41, 5.74) is 1.98. The fourth-order valence-corrected chi connectivity index (χ4v) is 2.07. The van der Waals surface area contributed by atoms with Gasteiger partial charge in [0.15, 0.2) is 5.78 Å². The number of allylic oxidation sites excluding steroid dienone is 1. The van der Waals surface area contributed by atoms with E-state index in [1.54, 1.807) is 38.5 Å². The number of nitrogens with one attached hydrogen (secondary N) is 1. The van der Waals surface area contributed by atoms with Crippen molar-refractivity contribution in [2.75, 3.05) is 19.5 Å². The van der Waals surface area contributed by atoms with Gasteiger partial charge in [-0.3, -0.25) is 4.79 Å². The number of rotatable bonds is 7. The summed E-state index contributed by atoms with van der Waals surface area (Å²) in [7, 11) is 3.18. The van der Waals surface area contributed by atoms with Crippen molar-refractivity contribution in [1.82, 2.24) is 0 Å². The number of benzene rings is 2. The molecule has 0 saturated carbocycles. The minimum Gasteiger partial charge on any atom is -0.497 e. The van der Waals surface area contributed by atoms with Crippen LogP contribution >= 0.6 is 0 Å². The van der Waals surface area contributed by atoms with Crippen molar-refractivity contribution in [3.05, 3.63) is 66.4 Å². The molecule has 0 fully saturated rings. The molecule has 0 amide bonds. The van der Waals surface area contributed by atoms with E-state index in [1.165, 1.54) is 0 Å². The largest absolute Gasteiger partial charge is 0.497 e. The molecule has 2 rings (SSSR count). The molecular weight excluding hydrogens is 278 g/mol. The predicted octanol–water partition coefficient (Wildman–Crippen LogP) is 3.90. The molecule has 0 aliphatic heterocycles. The van der Waals surface area contributed by atoms with Gasteiger partial charge in [0.25, 0.3) is 0 Å². The van der Waals surface area contributed by atoms with E-state index in [0.29, 0.717) is 28.4 Å². The number of ketones is 1. The first-order chi connectivity index (χ1) is 10.6. The highest BCUT2D eigenvalue weighted by Gasteiger charge is 2.10. The average Bonchev–Trinajstić information content (AvgIpc) is 2.55. The van der Waals surface area contributed by atoms with Crippen molar-refractivity contribution in [3.8, 4) is 11.5 Å². The van der Waals surface area contributed by atoms with Gasteiger partial charge in [0.1, 0.15) is 11.5 Å². The standard InChI is InChI=1S/C18H19NO3/c1-13(11-17(20)14-7-5-4-6-8-14)19-16-12-15(21-2)9-10-18(16)22-3/h4-10,12,19H,1,11H2,2-3H3. The first-order valence-electron chi connectivity index (χ1n) is 6.89. The third-order valence-electron chi connectivity index (χ3n) is 3.19. The molecule has 4 heteroatoms. The van der Waals surface area contributed by atoms with Gasteiger partial charge in [0.2, 0.25) is 0 Å². The van der Waals surface area contributed by atoms with Gasteiger partial charge in [-0.05, 0) is 12.1 Å². The van der Waals surface area contributed by atoms with Gasteiger partial charge < -0.3 is 14.8 Å².